The number of esters is 3. The van der Waals surface area contributed by atoms with E-state index >= 15 is 0 Å². The third-order valence-electron chi connectivity index (χ3n) is 20.5. The summed E-state index contributed by atoms with van der Waals surface area (Å²) >= 11 is 0. The van der Waals surface area contributed by atoms with E-state index in [1.165, 1.54) is 60.7 Å². The molecule has 0 aromatic heterocycles. The van der Waals surface area contributed by atoms with E-state index in [-0.39, 0.29) is 62.3 Å². The van der Waals surface area contributed by atoms with Gasteiger partial charge in [0, 0.05) is 35.9 Å². The summed E-state index contributed by atoms with van der Waals surface area (Å²) in [5.74, 6) is -7.84. The number of rotatable bonds is 28. The smallest absolute Gasteiger partial charge is 0.330 e. The molecular weight excluding hydrogens is 1640 g/mol. The summed E-state index contributed by atoms with van der Waals surface area (Å²) in [6.07, 6.45) is -50.8. The molecule has 5 aromatic rings. The molecular formula is C78H90O44. The van der Waals surface area contributed by atoms with Gasteiger partial charge in [-0.15, -0.1) is 0 Å². The van der Waals surface area contributed by atoms with E-state index in [9.17, 15) is 142 Å². The molecule has 44 heteroatoms. The molecule has 44 nitrogen and oxygen atoms in total. The molecule has 0 radical (unpaired) electrons. The molecule has 6 saturated heterocycles. The molecule has 0 amide bonds. The number of benzene rings is 5. The van der Waals surface area contributed by atoms with Gasteiger partial charge < -0.3 is 203 Å². The van der Waals surface area contributed by atoms with E-state index in [1.54, 1.807) is 0 Å². The first-order valence-corrected chi connectivity index (χ1v) is 37.5. The summed E-state index contributed by atoms with van der Waals surface area (Å²) in [5.41, 5.74) is 0.407. The van der Waals surface area contributed by atoms with Crippen molar-refractivity contribution < 1.29 is 218 Å². The molecule has 0 aliphatic carbocycles. The lowest BCUT2D eigenvalue weighted by atomic mass is 9.97. The number of aliphatic hydroxyl groups is 20. The Morgan fingerprint density at radius 2 is 0.689 bits per heavy atom. The molecule has 31 atom stereocenters. The zero-order chi connectivity index (χ0) is 88.0. The largest absolute Gasteiger partial charge is 0.508 e. The van der Waals surface area contributed by atoms with Crippen LogP contribution in [0.25, 0.3) is 24.3 Å². The maximum Gasteiger partial charge on any atom is 0.330 e. The number of hydrogen-bond donors (Lipinski definition) is 25. The molecule has 0 spiro atoms. The van der Waals surface area contributed by atoms with Crippen molar-refractivity contribution in [3.8, 4) is 57.5 Å². The molecule has 7 aliphatic rings. The van der Waals surface area contributed by atoms with Crippen molar-refractivity contribution >= 4 is 42.2 Å². The summed E-state index contributed by atoms with van der Waals surface area (Å²) in [4.78, 5) is 39.8. The Balaban J connectivity index is 0.730. The second kappa shape index (κ2) is 39.8. The van der Waals surface area contributed by atoms with Gasteiger partial charge in [-0.05, 0) is 89.5 Å². The quantitative estimate of drug-likeness (QED) is 0.0126. The highest BCUT2D eigenvalue weighted by Crippen LogP contribution is 2.47. The molecule has 31 unspecified atom stereocenters. The molecule has 5 aromatic carbocycles. The molecule has 12 rings (SSSR count). The van der Waals surface area contributed by atoms with Crippen molar-refractivity contribution in [1.82, 2.24) is 0 Å². The maximum atomic E-state index is 13.6. The standard InChI is InChI=1S/C78H90O44/c79-23-45-54(90)60(96)66(102)74(116-45)112-41-21-34(83)20-40-35(41)22-44(71(110-40)32-7-9-33(82)10-8-32)115-78-72(122-77-70(106)64(100)58(94)49(120-77)27-108-53(89)16-6-31-2-12-37(85)43(19-31)114-76-68(104)62(98)56(92)47(25-81)118-76)65(101)59(95)50(121-78)28-109-51(87)14-4-29-3-13-39(38(86)17-29)111-73-69(105)63(99)57(93)48(119-73)26-107-52(88)15-5-30-1-11-36(84)42(18-30)113-75-67(103)61(97)55(91)46(24-80)117-75/h1-22,45-50,54-86,90-106H,23-28H2. The first-order valence-electron chi connectivity index (χ1n) is 37.5. The zero-order valence-corrected chi connectivity index (χ0v) is 63.3. The Bertz CT molecular complexity index is 4520. The van der Waals surface area contributed by atoms with Crippen molar-refractivity contribution in [2.45, 2.75) is 190 Å². The monoisotopic (exact) mass is 1730 g/mol. The SMILES string of the molecule is O=C(C=Cc1ccc(O)c(OC2OC(CO)C(O)C(O)C2O)c1)OCC1OC(Oc2ccc(C=CC(=O)OCC3OC(OC4=Cc5c(cc(O)cc5OC5OC(CO)C(O)C(O)C5O)OC4c4ccc(O)cc4)C(OC4OC(COC(=O)C=Cc5ccc(O)c(OC6OC(CO)C(O)C(O)C6O)c5)C(O)C(O)C4O)C(O)C3O)cc2O)C(O)C(O)C1O. The molecule has 122 heavy (non-hydrogen) atoms. The summed E-state index contributed by atoms with van der Waals surface area (Å²) < 4.78 is 91.7. The topological polar surface area (TPSA) is 705 Å². The van der Waals surface area contributed by atoms with E-state index in [2.05, 4.69) is 0 Å². The average Bonchev–Trinajstić information content (AvgIpc) is 0.733. The third kappa shape index (κ3) is 20.8. The first kappa shape index (κ1) is 91.4. The minimum atomic E-state index is -2.30. The first-order chi connectivity index (χ1) is 58.1. The number of carbonyl (C=O) groups excluding carboxylic acids is 3. The highest BCUT2D eigenvalue weighted by Gasteiger charge is 2.55. The van der Waals surface area contributed by atoms with E-state index in [0.29, 0.717) is 0 Å². The molecule has 0 saturated carbocycles. The van der Waals surface area contributed by atoms with E-state index in [0.717, 1.165) is 72.8 Å². The number of phenolic OH excluding ortho intramolecular Hbond substituents is 5. The number of ether oxygens (including phenoxy) is 16. The van der Waals surface area contributed by atoms with Gasteiger partial charge in [-0.1, -0.05) is 30.3 Å². The fourth-order valence-corrected chi connectivity index (χ4v) is 13.5. The van der Waals surface area contributed by atoms with Crippen molar-refractivity contribution in [1.29, 1.82) is 0 Å². The Kier molecular flexibility index (Phi) is 29.8. The maximum absolute atomic E-state index is 13.6. The van der Waals surface area contributed by atoms with Crippen molar-refractivity contribution in [3.63, 3.8) is 0 Å². The molecule has 0 bridgehead atoms. The Hall–Kier alpha value is -9.81. The van der Waals surface area contributed by atoms with Crippen LogP contribution >= 0.6 is 0 Å². The molecule has 7 aliphatic heterocycles. The van der Waals surface area contributed by atoms with Crippen LogP contribution in [0.3, 0.4) is 0 Å². The Morgan fingerprint density at radius 3 is 1.11 bits per heavy atom. The van der Waals surface area contributed by atoms with Crippen LogP contribution in [0.2, 0.25) is 0 Å². The van der Waals surface area contributed by atoms with Gasteiger partial charge in [0.25, 0.3) is 0 Å². The second-order valence-corrected chi connectivity index (χ2v) is 28.9. The zero-order valence-electron chi connectivity index (χ0n) is 63.3. The van der Waals surface area contributed by atoms with Gasteiger partial charge in [-0.2, -0.15) is 0 Å². The number of aliphatic hydroxyl groups excluding tert-OH is 20. The van der Waals surface area contributed by atoms with Gasteiger partial charge in [0.05, 0.1) is 25.4 Å². The molecule has 6 fully saturated rings. The van der Waals surface area contributed by atoms with Gasteiger partial charge in [0.2, 0.25) is 31.5 Å². The Morgan fingerprint density at radius 1 is 0.328 bits per heavy atom. The van der Waals surface area contributed by atoms with Crippen LogP contribution in [0.5, 0.6) is 57.5 Å². The normalized spacial score (nSPS) is 35.4. The number of carbonyl (C=O) groups is 3. The second-order valence-electron chi connectivity index (χ2n) is 28.9. The molecule has 25 N–H and O–H groups in total. The van der Waals surface area contributed by atoms with Crippen molar-refractivity contribution in [2.24, 2.45) is 0 Å². The molecule has 7 heterocycles. The highest BCUT2D eigenvalue weighted by molar-refractivity contribution is 5.88. The minimum absolute atomic E-state index is 0.0618. The molecule has 666 valence electrons. The summed E-state index contributed by atoms with van der Waals surface area (Å²) in [7, 11) is 0. The van der Waals surface area contributed by atoms with Crippen LogP contribution in [0.15, 0.2) is 115 Å². The van der Waals surface area contributed by atoms with Gasteiger partial charge in [-0.25, -0.2) is 14.4 Å². The van der Waals surface area contributed by atoms with E-state index < -0.39 is 277 Å². The van der Waals surface area contributed by atoms with Gasteiger partial charge in [0.1, 0.15) is 189 Å². The van der Waals surface area contributed by atoms with Crippen LogP contribution in [0.4, 0.5) is 0 Å². The van der Waals surface area contributed by atoms with Crippen molar-refractivity contribution in [2.75, 3.05) is 39.6 Å². The predicted octanol–water partition coefficient (Wildman–Crippen LogP) is -7.16. The third-order valence-corrected chi connectivity index (χ3v) is 20.5. The summed E-state index contributed by atoms with van der Waals surface area (Å²) in [6, 6.07) is 18.0. The number of fused-ring (bicyclic) bond motifs is 1. The van der Waals surface area contributed by atoms with E-state index in [1.807, 2.05) is 0 Å². The van der Waals surface area contributed by atoms with Crippen LogP contribution in [-0.4, -0.2) is 369 Å². The van der Waals surface area contributed by atoms with Gasteiger partial charge in [0.15, 0.2) is 53.0 Å². The van der Waals surface area contributed by atoms with Crippen molar-refractivity contribution in [3.05, 3.63) is 143 Å². The number of hydrogen-bond acceptors (Lipinski definition) is 44. The lowest BCUT2D eigenvalue weighted by Gasteiger charge is -2.46. The number of aromatic hydroxyl groups is 5. The summed E-state index contributed by atoms with van der Waals surface area (Å²) in [6.45, 7) is -5.07. The highest BCUT2D eigenvalue weighted by atomic mass is 16.8. The lowest BCUT2D eigenvalue weighted by molar-refractivity contribution is -0.364. The van der Waals surface area contributed by atoms with E-state index in [4.69, 9.17) is 75.8 Å². The summed E-state index contributed by atoms with van der Waals surface area (Å²) in [5, 5.41) is 267. The van der Waals surface area contributed by atoms with Crippen LogP contribution < -0.4 is 23.7 Å². The lowest BCUT2D eigenvalue weighted by Crippen LogP contribution is -2.64. The number of phenols is 5. The average molecular weight is 1730 g/mol. The fraction of sp³-hybridized carbons (Fsp3) is 0.474. The minimum Gasteiger partial charge on any atom is -0.508 e. The van der Waals surface area contributed by atoms with Gasteiger partial charge >= 0.3 is 17.9 Å². The Labute approximate surface area is 688 Å². The van der Waals surface area contributed by atoms with Crippen LogP contribution in [0.1, 0.15) is 33.9 Å². The predicted molar refractivity (Wildman–Crippen MR) is 396 cm³/mol. The van der Waals surface area contributed by atoms with Gasteiger partial charge in [-0.3, -0.25) is 0 Å². The fourth-order valence-electron chi connectivity index (χ4n) is 13.5. The van der Waals surface area contributed by atoms with Crippen LogP contribution in [0, 0.1) is 0 Å². The van der Waals surface area contributed by atoms with Crippen LogP contribution in [-0.2, 0) is 66.5 Å².